The lowest BCUT2D eigenvalue weighted by atomic mass is 10.7. The van der Waals surface area contributed by atoms with Crippen molar-refractivity contribution < 1.29 is 34.3 Å². The first kappa shape index (κ1) is 17.5. The molecular formula is C9H20O7. The van der Waals surface area contributed by atoms with Gasteiger partial charge in [-0.1, -0.05) is 0 Å². The molecular weight excluding hydrogens is 220 g/mol. The maximum atomic E-state index is 8.56. The minimum Gasteiger partial charge on any atom is -0.450 e. The maximum Gasteiger partial charge on any atom is 0.503 e. The molecule has 0 spiro atoms. The molecule has 0 unspecified atom stereocenters. The van der Waals surface area contributed by atoms with E-state index < -0.39 is 6.16 Å². The van der Waals surface area contributed by atoms with Crippen LogP contribution >= 0.6 is 0 Å². The van der Waals surface area contributed by atoms with E-state index in [0.29, 0.717) is 39.6 Å². The van der Waals surface area contributed by atoms with Crippen LogP contribution in [0.1, 0.15) is 13.8 Å². The summed E-state index contributed by atoms with van der Waals surface area (Å²) in [5, 5.41) is 13.9. The third-order valence-electron chi connectivity index (χ3n) is 1.11. The van der Waals surface area contributed by atoms with Gasteiger partial charge in [0.05, 0.1) is 13.2 Å². The van der Waals surface area contributed by atoms with Crippen molar-refractivity contribution in [1.29, 1.82) is 0 Å². The van der Waals surface area contributed by atoms with Crippen LogP contribution in [-0.2, 0) is 19.2 Å². The quantitative estimate of drug-likeness (QED) is 0.355. The minimum absolute atomic E-state index is 0.472. The first-order valence-electron chi connectivity index (χ1n) is 4.96. The second kappa shape index (κ2) is 16.5. The fourth-order valence-electron chi connectivity index (χ4n) is 0.592. The summed E-state index contributed by atoms with van der Waals surface area (Å²) in [7, 11) is 0. The van der Waals surface area contributed by atoms with Gasteiger partial charge in [-0.15, -0.1) is 0 Å². The molecule has 0 aliphatic rings. The molecule has 0 rings (SSSR count). The lowest BCUT2D eigenvalue weighted by Gasteiger charge is -2.03. The van der Waals surface area contributed by atoms with E-state index in [1.165, 1.54) is 0 Å². The van der Waals surface area contributed by atoms with E-state index in [-0.39, 0.29) is 0 Å². The van der Waals surface area contributed by atoms with Crippen LogP contribution in [0.3, 0.4) is 0 Å². The van der Waals surface area contributed by atoms with E-state index in [2.05, 4.69) is 0 Å². The fourth-order valence-corrected chi connectivity index (χ4v) is 0.592. The highest BCUT2D eigenvalue weighted by atomic mass is 17.2. The Bertz CT molecular complexity index is 126. The molecule has 0 aliphatic heterocycles. The van der Waals surface area contributed by atoms with Crippen molar-refractivity contribution in [2.24, 2.45) is 0 Å². The zero-order chi connectivity index (χ0) is 12.6. The van der Waals surface area contributed by atoms with Crippen LogP contribution in [0.4, 0.5) is 4.79 Å². The van der Waals surface area contributed by atoms with Crippen LogP contribution < -0.4 is 0 Å². The second-order valence-electron chi connectivity index (χ2n) is 2.32. The Kier molecular flexibility index (Phi) is 18.1. The topological polar surface area (TPSA) is 94.5 Å². The van der Waals surface area contributed by atoms with Gasteiger partial charge in [0.2, 0.25) is 0 Å². The molecule has 16 heavy (non-hydrogen) atoms. The molecule has 0 amide bonds. The van der Waals surface area contributed by atoms with Crippen molar-refractivity contribution in [2.45, 2.75) is 13.8 Å². The van der Waals surface area contributed by atoms with Gasteiger partial charge in [0.15, 0.2) is 0 Å². The predicted molar refractivity (Wildman–Crippen MR) is 55.5 cm³/mol. The molecule has 7 nitrogen and oxygen atoms in total. The average Bonchev–Trinajstić information content (AvgIpc) is 2.21. The van der Waals surface area contributed by atoms with Crippen molar-refractivity contribution in [3.63, 3.8) is 0 Å². The molecule has 2 N–H and O–H groups in total. The Morgan fingerprint density at radius 2 is 1.19 bits per heavy atom. The number of hydrogen-bond donors (Lipinski definition) is 2. The molecule has 0 aromatic heterocycles. The molecule has 7 heteroatoms. The first-order valence-corrected chi connectivity index (χ1v) is 4.96. The molecule has 0 atom stereocenters. The Morgan fingerprint density at radius 1 is 0.875 bits per heavy atom. The third kappa shape index (κ3) is 29.2. The normalized spacial score (nSPS) is 9.38. The zero-order valence-electron chi connectivity index (χ0n) is 9.68. The molecule has 0 saturated heterocycles. The van der Waals surface area contributed by atoms with E-state index in [1.54, 1.807) is 0 Å². The highest BCUT2D eigenvalue weighted by Gasteiger charge is 1.89. The van der Waals surface area contributed by atoms with E-state index in [1.807, 2.05) is 13.8 Å². The standard InChI is InChI=1S/C8H18O4.CH2O3/c1-3-9-5-7-11-12-8-6-10-4-2;2-1(3)4/h3-8H2,1-2H3;(H2,2,3,4). The monoisotopic (exact) mass is 240 g/mol. The van der Waals surface area contributed by atoms with Gasteiger partial charge in [-0.2, -0.15) is 0 Å². The van der Waals surface area contributed by atoms with Crippen LogP contribution in [0.2, 0.25) is 0 Å². The van der Waals surface area contributed by atoms with Gasteiger partial charge in [0.1, 0.15) is 13.2 Å². The summed E-state index contributed by atoms with van der Waals surface area (Å²) in [5.74, 6) is 0. The molecule has 0 aromatic carbocycles. The summed E-state index contributed by atoms with van der Waals surface area (Å²) in [4.78, 5) is 18.1. The Morgan fingerprint density at radius 3 is 1.44 bits per heavy atom. The van der Waals surface area contributed by atoms with Crippen LogP contribution in [-0.4, -0.2) is 56.0 Å². The number of carbonyl (C=O) groups is 1. The molecule has 0 radical (unpaired) electrons. The van der Waals surface area contributed by atoms with E-state index >= 15 is 0 Å². The minimum atomic E-state index is -1.83. The molecule has 0 heterocycles. The third-order valence-corrected chi connectivity index (χ3v) is 1.11. The highest BCUT2D eigenvalue weighted by Crippen LogP contribution is 1.81. The molecule has 0 bridgehead atoms. The van der Waals surface area contributed by atoms with E-state index in [9.17, 15) is 0 Å². The van der Waals surface area contributed by atoms with Gasteiger partial charge in [0, 0.05) is 13.2 Å². The molecule has 0 fully saturated rings. The lowest BCUT2D eigenvalue weighted by molar-refractivity contribution is -0.303. The second-order valence-corrected chi connectivity index (χ2v) is 2.32. The fraction of sp³-hybridized carbons (Fsp3) is 0.889. The summed E-state index contributed by atoms with van der Waals surface area (Å²) in [6.45, 7) is 7.40. The number of rotatable bonds is 9. The van der Waals surface area contributed by atoms with Crippen LogP contribution in [0.5, 0.6) is 0 Å². The molecule has 0 aliphatic carbocycles. The maximum absolute atomic E-state index is 8.56. The largest absolute Gasteiger partial charge is 0.503 e. The molecule has 0 saturated carbocycles. The van der Waals surface area contributed by atoms with Gasteiger partial charge in [0.25, 0.3) is 0 Å². The first-order chi connectivity index (χ1) is 7.65. The SMILES string of the molecule is CCOCCOOCCOCC.O=C(O)O. The Hall–Kier alpha value is -0.890. The number of hydrogen-bond acceptors (Lipinski definition) is 5. The summed E-state index contributed by atoms with van der Waals surface area (Å²) in [6, 6.07) is 0. The Labute approximate surface area is 94.8 Å². The van der Waals surface area contributed by atoms with Gasteiger partial charge in [-0.05, 0) is 13.8 Å². The van der Waals surface area contributed by atoms with E-state index in [0.717, 1.165) is 0 Å². The number of carboxylic acid groups (broad SMARTS) is 2. The highest BCUT2D eigenvalue weighted by molar-refractivity contribution is 5.53. The summed E-state index contributed by atoms with van der Waals surface area (Å²) in [5.41, 5.74) is 0. The van der Waals surface area contributed by atoms with Crippen LogP contribution in [0.15, 0.2) is 0 Å². The van der Waals surface area contributed by atoms with Crippen molar-refractivity contribution in [2.75, 3.05) is 39.6 Å². The molecule has 98 valence electrons. The van der Waals surface area contributed by atoms with E-state index in [4.69, 9.17) is 34.3 Å². The van der Waals surface area contributed by atoms with Crippen molar-refractivity contribution in [3.05, 3.63) is 0 Å². The average molecular weight is 240 g/mol. The van der Waals surface area contributed by atoms with Crippen molar-refractivity contribution >= 4 is 6.16 Å². The van der Waals surface area contributed by atoms with Crippen LogP contribution in [0, 0.1) is 0 Å². The zero-order valence-corrected chi connectivity index (χ0v) is 9.68. The van der Waals surface area contributed by atoms with Crippen molar-refractivity contribution in [1.82, 2.24) is 0 Å². The van der Waals surface area contributed by atoms with Gasteiger partial charge < -0.3 is 19.7 Å². The summed E-state index contributed by atoms with van der Waals surface area (Å²) >= 11 is 0. The van der Waals surface area contributed by atoms with Crippen LogP contribution in [0.25, 0.3) is 0 Å². The van der Waals surface area contributed by atoms with Gasteiger partial charge in [-0.3, -0.25) is 0 Å². The molecule has 0 aromatic rings. The summed E-state index contributed by atoms with van der Waals surface area (Å²) in [6.07, 6.45) is -1.83. The van der Waals surface area contributed by atoms with Gasteiger partial charge in [-0.25, -0.2) is 14.6 Å². The Balaban J connectivity index is 0. The number of ether oxygens (including phenoxy) is 2. The lowest BCUT2D eigenvalue weighted by Crippen LogP contribution is -2.08. The summed E-state index contributed by atoms with van der Waals surface area (Å²) < 4.78 is 10.0. The van der Waals surface area contributed by atoms with Crippen molar-refractivity contribution in [3.8, 4) is 0 Å². The smallest absolute Gasteiger partial charge is 0.450 e. The predicted octanol–water partition coefficient (Wildman–Crippen LogP) is 1.23. The van der Waals surface area contributed by atoms with Gasteiger partial charge >= 0.3 is 6.16 Å².